The SMILES string of the molecule is Cc1cc(NC(=O)C(C)Sc2nnc(-c3cccs3)n2C)no1. The van der Waals surface area contributed by atoms with E-state index in [2.05, 4.69) is 20.7 Å². The average Bonchev–Trinajstić information content (AvgIpc) is 3.23. The highest BCUT2D eigenvalue weighted by molar-refractivity contribution is 8.00. The Morgan fingerprint density at radius 1 is 1.48 bits per heavy atom. The highest BCUT2D eigenvalue weighted by Gasteiger charge is 2.20. The Kier molecular flexibility index (Phi) is 4.49. The Balaban J connectivity index is 1.68. The molecule has 7 nitrogen and oxygen atoms in total. The van der Waals surface area contributed by atoms with Crippen molar-refractivity contribution in [1.82, 2.24) is 19.9 Å². The number of nitrogens with zero attached hydrogens (tertiary/aromatic N) is 4. The number of carbonyl (C=O) groups is 1. The smallest absolute Gasteiger partial charge is 0.238 e. The molecule has 3 rings (SSSR count). The predicted octanol–water partition coefficient (Wildman–Crippen LogP) is 2.96. The fraction of sp³-hybridized carbons (Fsp3) is 0.286. The first-order chi connectivity index (χ1) is 11.0. The average molecular weight is 349 g/mol. The Labute approximate surface area is 141 Å². The number of thiophene rings is 1. The normalized spacial score (nSPS) is 12.3. The van der Waals surface area contributed by atoms with Crippen LogP contribution >= 0.6 is 23.1 Å². The van der Waals surface area contributed by atoms with Crippen molar-refractivity contribution in [1.29, 1.82) is 0 Å². The van der Waals surface area contributed by atoms with Crippen molar-refractivity contribution >= 4 is 34.8 Å². The van der Waals surface area contributed by atoms with Gasteiger partial charge >= 0.3 is 0 Å². The first-order valence-corrected chi connectivity index (χ1v) is 8.64. The van der Waals surface area contributed by atoms with Crippen LogP contribution in [0, 0.1) is 6.92 Å². The van der Waals surface area contributed by atoms with Crippen molar-refractivity contribution in [3.63, 3.8) is 0 Å². The van der Waals surface area contributed by atoms with E-state index in [1.165, 1.54) is 11.8 Å². The van der Waals surface area contributed by atoms with Crippen LogP contribution in [0.5, 0.6) is 0 Å². The van der Waals surface area contributed by atoms with Gasteiger partial charge < -0.3 is 14.4 Å². The maximum Gasteiger partial charge on any atom is 0.238 e. The van der Waals surface area contributed by atoms with Gasteiger partial charge in [0.1, 0.15) is 5.76 Å². The number of carbonyl (C=O) groups excluding carboxylic acids is 1. The monoisotopic (exact) mass is 349 g/mol. The molecule has 1 atom stereocenters. The van der Waals surface area contributed by atoms with Crippen LogP contribution in [-0.4, -0.2) is 31.1 Å². The second-order valence-corrected chi connectivity index (χ2v) is 7.17. The summed E-state index contributed by atoms with van der Waals surface area (Å²) in [4.78, 5) is 13.2. The molecular weight excluding hydrogens is 334 g/mol. The lowest BCUT2D eigenvalue weighted by atomic mass is 10.4. The third-order valence-electron chi connectivity index (χ3n) is 3.11. The van der Waals surface area contributed by atoms with Gasteiger partial charge in [-0.2, -0.15) is 0 Å². The number of nitrogens with one attached hydrogen (secondary N) is 1. The standard InChI is InChI=1S/C14H15N5O2S2/c1-8-7-11(18-21-8)15-13(20)9(2)23-14-17-16-12(19(14)3)10-5-4-6-22-10/h4-7,9H,1-3H3,(H,15,18,20). The zero-order valence-electron chi connectivity index (χ0n) is 12.8. The van der Waals surface area contributed by atoms with Crippen LogP contribution in [-0.2, 0) is 11.8 Å². The molecule has 0 fully saturated rings. The fourth-order valence-corrected chi connectivity index (χ4v) is 3.46. The van der Waals surface area contributed by atoms with E-state index >= 15 is 0 Å². The quantitative estimate of drug-likeness (QED) is 0.713. The third-order valence-corrected chi connectivity index (χ3v) is 5.11. The zero-order chi connectivity index (χ0) is 16.4. The molecule has 0 bridgehead atoms. The maximum atomic E-state index is 12.2. The van der Waals surface area contributed by atoms with Crippen molar-refractivity contribution in [3.05, 3.63) is 29.3 Å². The summed E-state index contributed by atoms with van der Waals surface area (Å²) in [5, 5.41) is 17.2. The topological polar surface area (TPSA) is 85.8 Å². The van der Waals surface area contributed by atoms with Gasteiger partial charge in [0, 0.05) is 13.1 Å². The van der Waals surface area contributed by atoms with Gasteiger partial charge in [-0.05, 0) is 25.3 Å². The molecule has 0 saturated heterocycles. The Morgan fingerprint density at radius 3 is 2.96 bits per heavy atom. The fourth-order valence-electron chi connectivity index (χ4n) is 1.90. The van der Waals surface area contributed by atoms with Crippen molar-refractivity contribution in [2.75, 3.05) is 5.32 Å². The van der Waals surface area contributed by atoms with Gasteiger partial charge in [-0.15, -0.1) is 21.5 Å². The molecule has 120 valence electrons. The van der Waals surface area contributed by atoms with Gasteiger partial charge in [-0.1, -0.05) is 23.0 Å². The Bertz CT molecular complexity index is 809. The van der Waals surface area contributed by atoms with E-state index in [1.807, 2.05) is 36.1 Å². The molecule has 0 saturated carbocycles. The molecule has 9 heteroatoms. The van der Waals surface area contributed by atoms with Gasteiger partial charge in [0.25, 0.3) is 0 Å². The Morgan fingerprint density at radius 2 is 2.30 bits per heavy atom. The third kappa shape index (κ3) is 3.45. The van der Waals surface area contributed by atoms with E-state index in [-0.39, 0.29) is 11.2 Å². The lowest BCUT2D eigenvalue weighted by Gasteiger charge is -2.09. The van der Waals surface area contributed by atoms with E-state index < -0.39 is 0 Å². The van der Waals surface area contributed by atoms with Gasteiger partial charge in [-0.25, -0.2) is 0 Å². The summed E-state index contributed by atoms with van der Waals surface area (Å²) in [6.07, 6.45) is 0. The number of hydrogen-bond acceptors (Lipinski definition) is 7. The van der Waals surface area contributed by atoms with Crippen LogP contribution in [0.25, 0.3) is 10.7 Å². The highest BCUT2D eigenvalue weighted by Crippen LogP contribution is 2.28. The summed E-state index contributed by atoms with van der Waals surface area (Å²) in [6, 6.07) is 5.64. The maximum absolute atomic E-state index is 12.2. The highest BCUT2D eigenvalue weighted by atomic mass is 32.2. The number of hydrogen-bond donors (Lipinski definition) is 1. The molecule has 1 amide bonds. The molecule has 3 aromatic rings. The molecule has 1 N–H and O–H groups in total. The molecule has 3 aromatic heterocycles. The van der Waals surface area contributed by atoms with Crippen LogP contribution in [0.1, 0.15) is 12.7 Å². The lowest BCUT2D eigenvalue weighted by Crippen LogP contribution is -2.23. The van der Waals surface area contributed by atoms with Crippen LogP contribution in [0.2, 0.25) is 0 Å². The Hall–Kier alpha value is -2.13. The molecule has 0 aromatic carbocycles. The van der Waals surface area contributed by atoms with Crippen molar-refractivity contribution in [2.45, 2.75) is 24.3 Å². The summed E-state index contributed by atoms with van der Waals surface area (Å²) in [5.74, 6) is 1.69. The van der Waals surface area contributed by atoms with Gasteiger partial charge in [0.2, 0.25) is 5.91 Å². The minimum absolute atomic E-state index is 0.163. The van der Waals surface area contributed by atoms with E-state index in [0.29, 0.717) is 16.7 Å². The number of aryl methyl sites for hydroxylation is 1. The van der Waals surface area contributed by atoms with Gasteiger partial charge in [-0.3, -0.25) is 4.79 Å². The summed E-state index contributed by atoms with van der Waals surface area (Å²) in [6.45, 7) is 3.58. The predicted molar refractivity (Wildman–Crippen MR) is 89.5 cm³/mol. The first kappa shape index (κ1) is 15.8. The van der Waals surface area contributed by atoms with Crippen molar-refractivity contribution in [2.24, 2.45) is 7.05 Å². The van der Waals surface area contributed by atoms with E-state index in [9.17, 15) is 4.79 Å². The van der Waals surface area contributed by atoms with Crippen LogP contribution in [0.15, 0.2) is 33.3 Å². The molecule has 0 radical (unpaired) electrons. The van der Waals surface area contributed by atoms with Gasteiger partial charge in [0.15, 0.2) is 16.8 Å². The number of rotatable bonds is 5. The number of aromatic nitrogens is 4. The molecule has 0 spiro atoms. The van der Waals surface area contributed by atoms with Crippen LogP contribution in [0.4, 0.5) is 5.82 Å². The van der Waals surface area contributed by atoms with Crippen molar-refractivity contribution in [3.8, 4) is 10.7 Å². The zero-order valence-corrected chi connectivity index (χ0v) is 14.4. The molecule has 0 aliphatic heterocycles. The van der Waals surface area contributed by atoms with Gasteiger partial charge in [0.05, 0.1) is 10.1 Å². The largest absolute Gasteiger partial charge is 0.360 e. The number of amides is 1. The second kappa shape index (κ2) is 6.55. The van der Waals surface area contributed by atoms with Crippen molar-refractivity contribution < 1.29 is 9.32 Å². The molecule has 0 aliphatic rings. The molecule has 0 aliphatic carbocycles. The number of thioether (sulfide) groups is 1. The van der Waals surface area contributed by atoms with E-state index in [4.69, 9.17) is 4.52 Å². The van der Waals surface area contributed by atoms with E-state index in [1.54, 1.807) is 24.3 Å². The minimum atomic E-state index is -0.342. The van der Waals surface area contributed by atoms with Crippen LogP contribution < -0.4 is 5.32 Å². The number of anilines is 1. The molecule has 3 heterocycles. The lowest BCUT2D eigenvalue weighted by molar-refractivity contribution is -0.115. The summed E-state index contributed by atoms with van der Waals surface area (Å²) < 4.78 is 6.82. The first-order valence-electron chi connectivity index (χ1n) is 6.88. The second-order valence-electron chi connectivity index (χ2n) is 4.91. The summed E-state index contributed by atoms with van der Waals surface area (Å²) >= 11 is 2.95. The molecular formula is C14H15N5O2S2. The van der Waals surface area contributed by atoms with Crippen LogP contribution in [0.3, 0.4) is 0 Å². The van der Waals surface area contributed by atoms with E-state index in [0.717, 1.165) is 10.7 Å². The summed E-state index contributed by atoms with van der Waals surface area (Å²) in [7, 11) is 1.89. The molecule has 23 heavy (non-hydrogen) atoms. The minimum Gasteiger partial charge on any atom is -0.360 e. The summed E-state index contributed by atoms with van der Waals surface area (Å²) in [5.41, 5.74) is 0. The molecule has 1 unspecified atom stereocenters.